The van der Waals surface area contributed by atoms with Crippen molar-refractivity contribution in [3.63, 3.8) is 0 Å². The lowest BCUT2D eigenvalue weighted by atomic mass is 10.0. The number of aliphatic hydroxyl groups excluding tert-OH is 1. The van der Waals surface area contributed by atoms with Gasteiger partial charge >= 0.3 is 0 Å². The molecule has 0 aliphatic carbocycles. The van der Waals surface area contributed by atoms with Crippen LogP contribution in [0.1, 0.15) is 29.8 Å². The van der Waals surface area contributed by atoms with E-state index in [4.69, 9.17) is 4.42 Å². The molecule has 1 aliphatic heterocycles. The van der Waals surface area contributed by atoms with E-state index in [9.17, 15) is 9.90 Å². The van der Waals surface area contributed by atoms with Crippen molar-refractivity contribution in [3.05, 3.63) is 24.2 Å². The Kier molecular flexibility index (Phi) is 3.74. The minimum absolute atomic E-state index is 0.00894. The van der Waals surface area contributed by atoms with Crippen molar-refractivity contribution < 1.29 is 14.3 Å². The van der Waals surface area contributed by atoms with Crippen LogP contribution in [-0.4, -0.2) is 41.5 Å². The first-order chi connectivity index (χ1) is 7.81. The molecule has 16 heavy (non-hydrogen) atoms. The number of piperidine rings is 1. The highest BCUT2D eigenvalue weighted by Crippen LogP contribution is 2.17. The summed E-state index contributed by atoms with van der Waals surface area (Å²) in [5.41, 5.74) is 0. The quantitative estimate of drug-likeness (QED) is 0.782. The third-order valence-corrected chi connectivity index (χ3v) is 3.10. The molecule has 1 saturated heterocycles. The molecule has 0 bridgehead atoms. The zero-order chi connectivity index (χ0) is 11.4. The summed E-state index contributed by atoms with van der Waals surface area (Å²) in [5.74, 6) is 0.396. The number of Topliss-reactive ketones (excluding diaryl/α,β-unsaturated/α-hetero) is 1. The molecule has 1 fully saturated rings. The second kappa shape index (κ2) is 5.27. The van der Waals surface area contributed by atoms with Crippen molar-refractivity contribution in [2.75, 3.05) is 19.7 Å². The van der Waals surface area contributed by atoms with Crippen molar-refractivity contribution >= 4 is 5.78 Å². The van der Waals surface area contributed by atoms with Crippen molar-refractivity contribution in [3.8, 4) is 0 Å². The Morgan fingerprint density at radius 1 is 1.56 bits per heavy atom. The van der Waals surface area contributed by atoms with Gasteiger partial charge in [-0.15, -0.1) is 0 Å². The fourth-order valence-corrected chi connectivity index (χ4v) is 2.17. The molecular weight excluding hydrogens is 206 g/mol. The van der Waals surface area contributed by atoms with Gasteiger partial charge < -0.3 is 9.52 Å². The number of likely N-dealkylation sites (tertiary alicyclic amines) is 1. The minimum Gasteiger partial charge on any atom is -0.461 e. The predicted octanol–water partition coefficient (Wildman–Crippen LogP) is 1.31. The molecule has 0 saturated carbocycles. The third kappa shape index (κ3) is 2.51. The second-order valence-corrected chi connectivity index (χ2v) is 4.20. The number of ketones is 1. The van der Waals surface area contributed by atoms with E-state index in [0.29, 0.717) is 12.3 Å². The van der Waals surface area contributed by atoms with E-state index in [0.717, 1.165) is 25.8 Å². The van der Waals surface area contributed by atoms with Crippen LogP contribution in [0.15, 0.2) is 22.8 Å². The Morgan fingerprint density at radius 2 is 2.44 bits per heavy atom. The molecule has 88 valence electrons. The molecule has 0 amide bonds. The molecule has 1 aromatic heterocycles. The van der Waals surface area contributed by atoms with Gasteiger partial charge in [-0.3, -0.25) is 9.69 Å². The zero-order valence-electron chi connectivity index (χ0n) is 9.26. The van der Waals surface area contributed by atoms with Crippen LogP contribution in [0.2, 0.25) is 0 Å². The highest BCUT2D eigenvalue weighted by Gasteiger charge is 2.24. The molecule has 0 unspecified atom stereocenters. The molecule has 4 nitrogen and oxygen atoms in total. The van der Waals surface area contributed by atoms with Crippen LogP contribution in [0.25, 0.3) is 0 Å². The molecule has 1 aromatic rings. The van der Waals surface area contributed by atoms with Crippen LogP contribution in [-0.2, 0) is 0 Å². The Morgan fingerprint density at radius 3 is 3.12 bits per heavy atom. The standard InChI is InChI=1S/C12H17NO3/c14-9-10-4-1-2-6-13(10)8-11(15)12-5-3-7-16-12/h3,5,7,10,14H,1-2,4,6,8-9H2/t10-/m1/s1. The smallest absolute Gasteiger partial charge is 0.211 e. The van der Waals surface area contributed by atoms with E-state index in [-0.39, 0.29) is 18.4 Å². The van der Waals surface area contributed by atoms with Crippen molar-refractivity contribution in [1.29, 1.82) is 0 Å². The summed E-state index contributed by atoms with van der Waals surface area (Å²) in [6, 6.07) is 3.53. The first-order valence-electron chi connectivity index (χ1n) is 5.73. The third-order valence-electron chi connectivity index (χ3n) is 3.10. The minimum atomic E-state index is -0.00894. The molecule has 0 radical (unpaired) electrons. The van der Waals surface area contributed by atoms with Crippen LogP contribution < -0.4 is 0 Å². The monoisotopic (exact) mass is 223 g/mol. The maximum Gasteiger partial charge on any atom is 0.211 e. The summed E-state index contributed by atoms with van der Waals surface area (Å²) in [4.78, 5) is 13.9. The molecular formula is C12H17NO3. The maximum absolute atomic E-state index is 11.8. The highest BCUT2D eigenvalue weighted by atomic mass is 16.3. The van der Waals surface area contributed by atoms with Crippen molar-refractivity contribution in [2.24, 2.45) is 0 Å². The van der Waals surface area contributed by atoms with Gasteiger partial charge in [-0.05, 0) is 31.5 Å². The van der Waals surface area contributed by atoms with Crippen molar-refractivity contribution in [2.45, 2.75) is 25.3 Å². The number of hydrogen-bond acceptors (Lipinski definition) is 4. The predicted molar refractivity (Wildman–Crippen MR) is 59.3 cm³/mol. The highest BCUT2D eigenvalue weighted by molar-refractivity contribution is 5.95. The average molecular weight is 223 g/mol. The van der Waals surface area contributed by atoms with E-state index >= 15 is 0 Å². The van der Waals surface area contributed by atoms with Gasteiger partial charge in [0.15, 0.2) is 5.76 Å². The van der Waals surface area contributed by atoms with Crippen LogP contribution in [0.4, 0.5) is 0 Å². The number of rotatable bonds is 4. The zero-order valence-corrected chi connectivity index (χ0v) is 9.26. The van der Waals surface area contributed by atoms with Gasteiger partial charge in [0.2, 0.25) is 5.78 Å². The average Bonchev–Trinajstić information content (AvgIpc) is 2.83. The maximum atomic E-state index is 11.8. The molecule has 0 aromatic carbocycles. The van der Waals surface area contributed by atoms with E-state index in [1.165, 1.54) is 6.26 Å². The van der Waals surface area contributed by atoms with Gasteiger partial charge in [-0.2, -0.15) is 0 Å². The van der Waals surface area contributed by atoms with Gasteiger partial charge in [0.05, 0.1) is 19.4 Å². The summed E-state index contributed by atoms with van der Waals surface area (Å²) >= 11 is 0. The van der Waals surface area contributed by atoms with Gasteiger partial charge in [-0.25, -0.2) is 0 Å². The molecule has 1 aliphatic rings. The number of carbonyl (C=O) groups is 1. The molecule has 1 N–H and O–H groups in total. The Labute approximate surface area is 94.9 Å². The summed E-state index contributed by atoms with van der Waals surface area (Å²) in [6.07, 6.45) is 4.72. The van der Waals surface area contributed by atoms with Gasteiger partial charge in [-0.1, -0.05) is 6.42 Å². The molecule has 1 atom stereocenters. The van der Waals surface area contributed by atoms with Gasteiger partial charge in [0.25, 0.3) is 0 Å². The first-order valence-corrected chi connectivity index (χ1v) is 5.73. The van der Waals surface area contributed by atoms with Gasteiger partial charge in [0.1, 0.15) is 0 Å². The van der Waals surface area contributed by atoms with E-state index in [2.05, 4.69) is 0 Å². The molecule has 4 heteroatoms. The number of furan rings is 1. The lowest BCUT2D eigenvalue weighted by molar-refractivity contribution is 0.0691. The summed E-state index contributed by atoms with van der Waals surface area (Å²) in [6.45, 7) is 1.36. The van der Waals surface area contributed by atoms with Crippen LogP contribution in [0.5, 0.6) is 0 Å². The van der Waals surface area contributed by atoms with Crippen LogP contribution >= 0.6 is 0 Å². The fraction of sp³-hybridized carbons (Fsp3) is 0.583. The number of carbonyl (C=O) groups excluding carboxylic acids is 1. The molecule has 0 spiro atoms. The van der Waals surface area contributed by atoms with E-state index < -0.39 is 0 Å². The van der Waals surface area contributed by atoms with Crippen LogP contribution in [0.3, 0.4) is 0 Å². The normalized spacial score (nSPS) is 22.2. The summed E-state index contributed by atoms with van der Waals surface area (Å²) in [5, 5.41) is 9.23. The fourth-order valence-electron chi connectivity index (χ4n) is 2.17. The Hall–Kier alpha value is -1.13. The van der Waals surface area contributed by atoms with Gasteiger partial charge in [0, 0.05) is 6.04 Å². The number of nitrogens with zero attached hydrogens (tertiary/aromatic N) is 1. The number of aliphatic hydroxyl groups is 1. The Bertz CT molecular complexity index is 334. The second-order valence-electron chi connectivity index (χ2n) is 4.20. The van der Waals surface area contributed by atoms with E-state index in [1.54, 1.807) is 12.1 Å². The number of hydrogen-bond donors (Lipinski definition) is 1. The largest absolute Gasteiger partial charge is 0.461 e. The van der Waals surface area contributed by atoms with Crippen LogP contribution in [0, 0.1) is 0 Å². The first kappa shape index (κ1) is 11.4. The topological polar surface area (TPSA) is 53.7 Å². The molecule has 2 heterocycles. The summed E-state index contributed by atoms with van der Waals surface area (Å²) < 4.78 is 5.07. The summed E-state index contributed by atoms with van der Waals surface area (Å²) in [7, 11) is 0. The lowest BCUT2D eigenvalue weighted by Gasteiger charge is -2.33. The molecule has 2 rings (SSSR count). The van der Waals surface area contributed by atoms with E-state index in [1.807, 2.05) is 4.90 Å². The SMILES string of the molecule is O=C(CN1CCCC[C@@H]1CO)c1ccco1. The lowest BCUT2D eigenvalue weighted by Crippen LogP contribution is -2.44. The van der Waals surface area contributed by atoms with Crippen molar-refractivity contribution in [1.82, 2.24) is 4.90 Å². The Balaban J connectivity index is 1.95.